The molecule has 0 saturated heterocycles. The normalized spacial score (nSPS) is 12.8. The first kappa shape index (κ1) is 19.6. The zero-order chi connectivity index (χ0) is 18.4. The predicted molar refractivity (Wildman–Crippen MR) is 102 cm³/mol. The van der Waals surface area contributed by atoms with Gasteiger partial charge in [-0.05, 0) is 35.7 Å². The van der Waals surface area contributed by atoms with Gasteiger partial charge in [0.1, 0.15) is 0 Å². The smallest absolute Gasteiger partial charge is 0.243 e. The molecule has 1 amide bonds. The van der Waals surface area contributed by atoms with E-state index in [0.717, 1.165) is 14.3 Å². The van der Waals surface area contributed by atoms with Crippen molar-refractivity contribution < 1.29 is 13.2 Å². The van der Waals surface area contributed by atoms with E-state index in [1.807, 2.05) is 37.3 Å². The van der Waals surface area contributed by atoms with E-state index in [0.29, 0.717) is 6.54 Å². The van der Waals surface area contributed by atoms with Crippen LogP contribution < -0.4 is 5.32 Å². The van der Waals surface area contributed by atoms with Gasteiger partial charge < -0.3 is 5.32 Å². The van der Waals surface area contributed by atoms with E-state index < -0.39 is 10.0 Å². The van der Waals surface area contributed by atoms with Crippen LogP contribution in [0.3, 0.4) is 0 Å². The van der Waals surface area contributed by atoms with Gasteiger partial charge in [-0.1, -0.05) is 53.2 Å². The number of carbonyl (C=O) groups is 1. The van der Waals surface area contributed by atoms with Crippen molar-refractivity contribution in [1.29, 1.82) is 0 Å². The van der Waals surface area contributed by atoms with Crippen molar-refractivity contribution in [1.82, 2.24) is 9.62 Å². The number of hydrogen-bond acceptors (Lipinski definition) is 3. The zero-order valence-corrected chi connectivity index (χ0v) is 16.5. The second-order valence-electron chi connectivity index (χ2n) is 5.83. The summed E-state index contributed by atoms with van der Waals surface area (Å²) >= 11 is 3.27. The van der Waals surface area contributed by atoms with Gasteiger partial charge in [0.2, 0.25) is 15.9 Å². The quantitative estimate of drug-likeness (QED) is 0.742. The third-order valence-corrected chi connectivity index (χ3v) is 6.21. The summed E-state index contributed by atoms with van der Waals surface area (Å²) in [5, 5.41) is 2.79. The minimum Gasteiger partial charge on any atom is -0.354 e. The molecule has 1 atom stereocenters. The van der Waals surface area contributed by atoms with Crippen molar-refractivity contribution in [3.63, 3.8) is 0 Å². The number of benzene rings is 2. The first-order valence-corrected chi connectivity index (χ1v) is 10.1. The van der Waals surface area contributed by atoms with E-state index in [9.17, 15) is 13.2 Å². The summed E-state index contributed by atoms with van der Waals surface area (Å²) in [6, 6.07) is 16.2. The molecule has 1 N–H and O–H groups in total. The van der Waals surface area contributed by atoms with E-state index in [1.165, 1.54) is 19.2 Å². The number of nitrogens with zero attached hydrogens (tertiary/aromatic N) is 1. The molecule has 2 rings (SSSR count). The molecule has 0 aliphatic carbocycles. The fraction of sp³-hybridized carbons (Fsp3) is 0.278. The van der Waals surface area contributed by atoms with Gasteiger partial charge in [-0.25, -0.2) is 8.42 Å². The summed E-state index contributed by atoms with van der Waals surface area (Å²) in [6.07, 6.45) is 0. The number of carbonyl (C=O) groups excluding carboxylic acids is 1. The fourth-order valence-electron chi connectivity index (χ4n) is 2.30. The lowest BCUT2D eigenvalue weighted by Crippen LogP contribution is -2.39. The maximum absolute atomic E-state index is 12.5. The van der Waals surface area contributed by atoms with Crippen molar-refractivity contribution in [2.24, 2.45) is 0 Å². The number of likely N-dealkylation sites (N-methyl/N-ethyl adjacent to an activating group) is 1. The Labute approximate surface area is 157 Å². The number of sulfonamides is 1. The van der Waals surface area contributed by atoms with Crippen LogP contribution in [-0.2, 0) is 14.8 Å². The van der Waals surface area contributed by atoms with Crippen molar-refractivity contribution in [3.8, 4) is 0 Å². The van der Waals surface area contributed by atoms with Gasteiger partial charge in [-0.15, -0.1) is 0 Å². The van der Waals surface area contributed by atoms with Crippen molar-refractivity contribution >= 4 is 31.9 Å². The summed E-state index contributed by atoms with van der Waals surface area (Å²) in [6.45, 7) is 2.24. The van der Waals surface area contributed by atoms with E-state index in [4.69, 9.17) is 0 Å². The molecule has 0 fully saturated rings. The van der Waals surface area contributed by atoms with Gasteiger partial charge in [-0.2, -0.15) is 4.31 Å². The zero-order valence-electron chi connectivity index (χ0n) is 14.1. The van der Waals surface area contributed by atoms with Gasteiger partial charge in [0.15, 0.2) is 0 Å². The number of rotatable bonds is 7. The maximum atomic E-state index is 12.5. The van der Waals surface area contributed by atoms with Crippen LogP contribution >= 0.6 is 15.9 Å². The van der Waals surface area contributed by atoms with E-state index >= 15 is 0 Å². The third-order valence-electron chi connectivity index (χ3n) is 3.86. The molecule has 0 aliphatic heterocycles. The lowest BCUT2D eigenvalue weighted by molar-refractivity contribution is -0.121. The monoisotopic (exact) mass is 424 g/mol. The Bertz CT molecular complexity index is 808. The van der Waals surface area contributed by atoms with Gasteiger partial charge in [0.05, 0.1) is 11.4 Å². The van der Waals surface area contributed by atoms with E-state index in [2.05, 4.69) is 21.2 Å². The molecule has 0 aromatic heterocycles. The molecule has 0 aliphatic rings. The predicted octanol–water partition coefficient (Wildman–Crippen LogP) is 2.99. The van der Waals surface area contributed by atoms with Gasteiger partial charge in [0.25, 0.3) is 0 Å². The molecule has 2 aromatic rings. The second-order valence-corrected chi connectivity index (χ2v) is 8.79. The van der Waals surface area contributed by atoms with Crippen molar-refractivity contribution in [3.05, 3.63) is 64.6 Å². The van der Waals surface area contributed by atoms with Crippen LogP contribution in [0.15, 0.2) is 64.0 Å². The highest BCUT2D eigenvalue weighted by atomic mass is 79.9. The molecule has 0 radical (unpaired) electrons. The van der Waals surface area contributed by atoms with E-state index in [1.54, 1.807) is 12.1 Å². The van der Waals surface area contributed by atoms with Crippen LogP contribution in [-0.4, -0.2) is 38.8 Å². The number of halogens is 1. The summed E-state index contributed by atoms with van der Waals surface area (Å²) in [7, 11) is -2.29. The molecule has 0 bridgehead atoms. The standard InChI is InChI=1S/C18H21BrN2O3S/c1-14(15-6-4-3-5-7-15)12-20-18(22)13-21(2)25(23,24)17-10-8-16(19)9-11-17/h3-11,14H,12-13H2,1-2H3,(H,20,22)/t14-/m0/s1. The Balaban J connectivity index is 1.92. The molecule has 7 heteroatoms. The summed E-state index contributed by atoms with van der Waals surface area (Å²) in [5.41, 5.74) is 1.12. The minimum atomic E-state index is -3.69. The third kappa shape index (κ3) is 5.39. The summed E-state index contributed by atoms with van der Waals surface area (Å²) in [4.78, 5) is 12.3. The molecular formula is C18H21BrN2O3S. The highest BCUT2D eigenvalue weighted by molar-refractivity contribution is 9.10. The Morgan fingerprint density at radius 1 is 1.12 bits per heavy atom. The van der Waals surface area contributed by atoms with Crippen LogP contribution in [0.2, 0.25) is 0 Å². The van der Waals surface area contributed by atoms with Crippen LogP contribution in [0.5, 0.6) is 0 Å². The van der Waals surface area contributed by atoms with Gasteiger partial charge >= 0.3 is 0 Å². The maximum Gasteiger partial charge on any atom is 0.243 e. The molecular weight excluding hydrogens is 404 g/mol. The highest BCUT2D eigenvalue weighted by Crippen LogP contribution is 2.18. The molecule has 0 saturated carbocycles. The molecule has 134 valence electrons. The van der Waals surface area contributed by atoms with Gasteiger partial charge in [-0.3, -0.25) is 4.79 Å². The Kier molecular flexibility index (Phi) is 6.75. The number of nitrogens with one attached hydrogen (secondary N) is 1. The fourth-order valence-corrected chi connectivity index (χ4v) is 3.69. The highest BCUT2D eigenvalue weighted by Gasteiger charge is 2.23. The molecule has 0 heterocycles. The van der Waals surface area contributed by atoms with Crippen LogP contribution in [0.25, 0.3) is 0 Å². The largest absolute Gasteiger partial charge is 0.354 e. The van der Waals surface area contributed by atoms with Crippen LogP contribution in [0.4, 0.5) is 0 Å². The molecule has 0 spiro atoms. The van der Waals surface area contributed by atoms with Crippen molar-refractivity contribution in [2.45, 2.75) is 17.7 Å². The average molecular weight is 425 g/mol. The van der Waals surface area contributed by atoms with Crippen molar-refractivity contribution in [2.75, 3.05) is 20.1 Å². The SMILES string of the molecule is C[C@@H](CNC(=O)CN(C)S(=O)(=O)c1ccc(Br)cc1)c1ccccc1. The molecule has 2 aromatic carbocycles. The first-order valence-electron chi connectivity index (χ1n) is 7.84. The summed E-state index contributed by atoms with van der Waals surface area (Å²) < 4.78 is 26.8. The van der Waals surface area contributed by atoms with E-state index in [-0.39, 0.29) is 23.3 Å². The van der Waals surface area contributed by atoms with Crippen LogP contribution in [0.1, 0.15) is 18.4 Å². The average Bonchev–Trinajstić information content (AvgIpc) is 2.60. The first-order chi connectivity index (χ1) is 11.8. The second kappa shape index (κ2) is 8.60. The minimum absolute atomic E-state index is 0.151. The lowest BCUT2D eigenvalue weighted by atomic mass is 10.0. The lowest BCUT2D eigenvalue weighted by Gasteiger charge is -2.18. The van der Waals surface area contributed by atoms with Gasteiger partial charge in [0, 0.05) is 18.1 Å². The Morgan fingerprint density at radius 2 is 1.72 bits per heavy atom. The molecule has 0 unspecified atom stereocenters. The molecule has 5 nitrogen and oxygen atoms in total. The number of hydrogen-bond donors (Lipinski definition) is 1. The topological polar surface area (TPSA) is 66.5 Å². The number of amides is 1. The Morgan fingerprint density at radius 3 is 2.32 bits per heavy atom. The van der Waals surface area contributed by atoms with Crippen LogP contribution in [0, 0.1) is 0 Å². The Hall–Kier alpha value is -1.70. The summed E-state index contributed by atoms with van der Waals surface area (Å²) in [5.74, 6) is -0.176. The molecule has 25 heavy (non-hydrogen) atoms.